The normalized spacial score (nSPS) is 11.0. The molecule has 0 saturated carbocycles. The van der Waals surface area contributed by atoms with Crippen LogP contribution >= 0.6 is 22.9 Å². The molecule has 2 rings (SSSR count). The van der Waals surface area contributed by atoms with Gasteiger partial charge >= 0.3 is 5.97 Å². The van der Waals surface area contributed by atoms with E-state index in [0.29, 0.717) is 11.4 Å². The second-order valence-electron chi connectivity index (χ2n) is 4.60. The standard InChI is InChI=1S/C16H14ClN3O2S/c1-2-22-16(21)15(19-20-18)8-13-10-23-9-12(13)7-11-3-5-14(17)6-4-11/h3-6,8-10H,2,7H2,1H3/b15-8-. The van der Waals surface area contributed by atoms with E-state index in [1.54, 1.807) is 13.0 Å². The number of carbonyl (C=O) groups excluding carboxylic acids is 1. The SMILES string of the molecule is CCOC(=O)/C(=C/c1cscc1Cc1ccc(Cl)cc1)N=[N+]=[N-]. The number of carbonyl (C=O) groups is 1. The fourth-order valence-corrected chi connectivity index (χ4v) is 2.90. The highest BCUT2D eigenvalue weighted by molar-refractivity contribution is 7.08. The van der Waals surface area contributed by atoms with Gasteiger partial charge in [0.15, 0.2) is 0 Å². The van der Waals surface area contributed by atoms with E-state index < -0.39 is 5.97 Å². The number of azide groups is 1. The fourth-order valence-electron chi connectivity index (χ4n) is 1.95. The van der Waals surface area contributed by atoms with Gasteiger partial charge in [0.05, 0.1) is 6.61 Å². The van der Waals surface area contributed by atoms with Crippen LogP contribution in [-0.2, 0) is 16.0 Å². The van der Waals surface area contributed by atoms with Crippen LogP contribution in [-0.4, -0.2) is 12.6 Å². The lowest BCUT2D eigenvalue weighted by atomic mass is 10.0. The average molecular weight is 348 g/mol. The molecule has 0 radical (unpaired) electrons. The molecule has 0 N–H and O–H groups in total. The monoisotopic (exact) mass is 347 g/mol. The molecule has 0 saturated heterocycles. The number of nitrogens with zero attached hydrogens (tertiary/aromatic N) is 3. The Labute approximate surface area is 142 Å². The minimum atomic E-state index is -0.631. The van der Waals surface area contributed by atoms with Gasteiger partial charge in [-0.1, -0.05) is 28.8 Å². The van der Waals surface area contributed by atoms with Gasteiger partial charge in [0.1, 0.15) is 5.70 Å². The summed E-state index contributed by atoms with van der Waals surface area (Å²) in [6, 6.07) is 7.58. The van der Waals surface area contributed by atoms with Crippen molar-refractivity contribution >= 4 is 35.0 Å². The zero-order valence-corrected chi connectivity index (χ0v) is 14.0. The number of rotatable bonds is 6. The van der Waals surface area contributed by atoms with Crippen molar-refractivity contribution in [2.75, 3.05) is 6.61 Å². The Hall–Kier alpha value is -2.27. The van der Waals surface area contributed by atoms with E-state index >= 15 is 0 Å². The molecule has 2 aromatic rings. The maximum Gasteiger partial charge on any atom is 0.340 e. The minimum absolute atomic E-state index is 0.0508. The predicted octanol–water partition coefficient (Wildman–Crippen LogP) is 5.21. The molecule has 23 heavy (non-hydrogen) atoms. The maximum atomic E-state index is 11.8. The van der Waals surface area contributed by atoms with Crippen molar-refractivity contribution in [1.29, 1.82) is 0 Å². The van der Waals surface area contributed by atoms with E-state index in [-0.39, 0.29) is 12.3 Å². The zero-order chi connectivity index (χ0) is 16.7. The average Bonchev–Trinajstić information content (AvgIpc) is 2.96. The first-order valence-corrected chi connectivity index (χ1v) is 8.19. The summed E-state index contributed by atoms with van der Waals surface area (Å²) in [5, 5.41) is 8.02. The van der Waals surface area contributed by atoms with Crippen LogP contribution in [0.2, 0.25) is 5.02 Å². The molecule has 0 atom stereocenters. The summed E-state index contributed by atoms with van der Waals surface area (Å²) < 4.78 is 4.89. The van der Waals surface area contributed by atoms with Gasteiger partial charge in [-0.2, -0.15) is 11.3 Å². The van der Waals surface area contributed by atoms with Crippen molar-refractivity contribution in [1.82, 2.24) is 0 Å². The van der Waals surface area contributed by atoms with Crippen LogP contribution in [0.3, 0.4) is 0 Å². The number of esters is 1. The first-order chi connectivity index (χ1) is 11.1. The predicted molar refractivity (Wildman–Crippen MR) is 92.3 cm³/mol. The third-order valence-electron chi connectivity index (χ3n) is 3.01. The summed E-state index contributed by atoms with van der Waals surface area (Å²) in [6.07, 6.45) is 2.25. The summed E-state index contributed by atoms with van der Waals surface area (Å²) in [5.74, 6) is -0.631. The quantitative estimate of drug-likeness (QED) is 0.236. The minimum Gasteiger partial charge on any atom is -0.462 e. The van der Waals surface area contributed by atoms with Gasteiger partial charge in [0.2, 0.25) is 0 Å². The lowest BCUT2D eigenvalue weighted by Gasteiger charge is -2.04. The number of thiophene rings is 1. The van der Waals surface area contributed by atoms with Gasteiger partial charge in [-0.15, -0.1) is 0 Å². The summed E-state index contributed by atoms with van der Waals surface area (Å²) in [4.78, 5) is 14.5. The maximum absolute atomic E-state index is 11.8. The lowest BCUT2D eigenvalue weighted by molar-refractivity contribution is -0.138. The highest BCUT2D eigenvalue weighted by Crippen LogP contribution is 2.23. The Morgan fingerprint density at radius 2 is 2.13 bits per heavy atom. The molecule has 0 spiro atoms. The van der Waals surface area contributed by atoms with Crippen LogP contribution in [0.5, 0.6) is 0 Å². The molecule has 7 heteroatoms. The third-order valence-corrected chi connectivity index (χ3v) is 4.08. The molecular weight excluding hydrogens is 334 g/mol. The highest BCUT2D eigenvalue weighted by atomic mass is 35.5. The molecule has 0 aliphatic heterocycles. The number of hydrogen-bond donors (Lipinski definition) is 0. The van der Waals surface area contributed by atoms with E-state index in [9.17, 15) is 4.79 Å². The number of benzene rings is 1. The molecule has 1 aromatic heterocycles. The topological polar surface area (TPSA) is 75.1 Å². The number of hydrogen-bond acceptors (Lipinski definition) is 4. The van der Waals surface area contributed by atoms with Crippen molar-refractivity contribution in [3.8, 4) is 0 Å². The molecular formula is C16H14ClN3O2S. The van der Waals surface area contributed by atoms with Crippen LogP contribution in [0.25, 0.3) is 16.5 Å². The molecule has 118 valence electrons. The summed E-state index contributed by atoms with van der Waals surface area (Å²) in [6.45, 7) is 1.92. The third kappa shape index (κ3) is 4.86. The molecule has 1 aromatic carbocycles. The van der Waals surface area contributed by atoms with Crippen LogP contribution in [0.4, 0.5) is 0 Å². The van der Waals surface area contributed by atoms with Gasteiger partial charge in [-0.25, -0.2) is 4.79 Å². The van der Waals surface area contributed by atoms with Gasteiger partial charge in [0, 0.05) is 9.93 Å². The van der Waals surface area contributed by atoms with Crippen molar-refractivity contribution in [3.05, 3.63) is 72.9 Å². The van der Waals surface area contributed by atoms with Gasteiger partial charge in [0.25, 0.3) is 0 Å². The van der Waals surface area contributed by atoms with Crippen LogP contribution in [0.1, 0.15) is 23.6 Å². The number of halogens is 1. The summed E-state index contributed by atoms with van der Waals surface area (Å²) in [7, 11) is 0. The Balaban J connectivity index is 2.28. The molecule has 0 aliphatic rings. The first-order valence-electron chi connectivity index (χ1n) is 6.87. The largest absolute Gasteiger partial charge is 0.462 e. The van der Waals surface area contributed by atoms with E-state index in [4.69, 9.17) is 21.9 Å². The molecule has 0 amide bonds. The second kappa shape index (κ2) is 8.39. The van der Waals surface area contributed by atoms with Crippen molar-refractivity contribution < 1.29 is 9.53 Å². The van der Waals surface area contributed by atoms with Gasteiger partial charge in [-0.05, 0) is 64.5 Å². The molecule has 5 nitrogen and oxygen atoms in total. The van der Waals surface area contributed by atoms with E-state index in [1.165, 1.54) is 11.3 Å². The molecule has 0 aliphatic carbocycles. The van der Waals surface area contributed by atoms with Crippen LogP contribution in [0, 0.1) is 0 Å². The molecule has 0 unspecified atom stereocenters. The Morgan fingerprint density at radius 1 is 1.39 bits per heavy atom. The first kappa shape index (κ1) is 17.1. The van der Waals surface area contributed by atoms with Crippen LogP contribution in [0.15, 0.2) is 45.8 Å². The summed E-state index contributed by atoms with van der Waals surface area (Å²) in [5.41, 5.74) is 11.5. The van der Waals surface area contributed by atoms with E-state index in [2.05, 4.69) is 10.0 Å². The van der Waals surface area contributed by atoms with Gasteiger partial charge < -0.3 is 4.74 Å². The van der Waals surface area contributed by atoms with Gasteiger partial charge in [-0.3, -0.25) is 0 Å². The zero-order valence-electron chi connectivity index (χ0n) is 12.4. The molecule has 1 heterocycles. The Morgan fingerprint density at radius 3 is 2.78 bits per heavy atom. The van der Waals surface area contributed by atoms with E-state index in [0.717, 1.165) is 16.7 Å². The highest BCUT2D eigenvalue weighted by Gasteiger charge is 2.11. The molecule has 0 bridgehead atoms. The fraction of sp³-hybridized carbons (Fsp3) is 0.188. The van der Waals surface area contributed by atoms with Crippen molar-refractivity contribution in [3.63, 3.8) is 0 Å². The molecule has 0 fully saturated rings. The van der Waals surface area contributed by atoms with Crippen molar-refractivity contribution in [2.45, 2.75) is 13.3 Å². The lowest BCUT2D eigenvalue weighted by Crippen LogP contribution is -2.05. The van der Waals surface area contributed by atoms with Crippen molar-refractivity contribution in [2.24, 2.45) is 5.11 Å². The second-order valence-corrected chi connectivity index (χ2v) is 5.78. The van der Waals surface area contributed by atoms with Crippen LogP contribution < -0.4 is 0 Å². The Bertz CT molecular complexity index is 762. The number of ether oxygens (including phenoxy) is 1. The Kier molecular flexibility index (Phi) is 6.23. The smallest absolute Gasteiger partial charge is 0.340 e. The van der Waals surface area contributed by atoms with E-state index in [1.807, 2.05) is 35.0 Å². The summed E-state index contributed by atoms with van der Waals surface area (Å²) >= 11 is 7.40.